The number of anilines is 2. The number of nitrogen functional groups attached to an aromatic ring is 2. The summed E-state index contributed by atoms with van der Waals surface area (Å²) < 4.78 is 11.2. The number of benzene rings is 4. The molecule has 4 N–H and O–H groups in total. The topological polar surface area (TPSA) is 105 Å². The predicted octanol–water partition coefficient (Wildman–Crippen LogP) is 9.72. The van der Waals surface area contributed by atoms with Crippen molar-refractivity contribution in [2.75, 3.05) is 24.7 Å². The highest BCUT2D eigenvalue weighted by Gasteiger charge is 2.09. The van der Waals surface area contributed by atoms with Gasteiger partial charge in [0.15, 0.2) is 5.78 Å². The Bertz CT molecular complexity index is 1560. The van der Waals surface area contributed by atoms with Crippen molar-refractivity contribution in [3.05, 3.63) is 119 Å². The SMILES string of the molecule is CCCCCc1ccc(-c2ccc(C(=O)/C=C/c3ccc(OCCCCCCCCOC(=O)c4cc(N)cc(N)c4)cc3)cc2)cc1. The molecule has 4 rings (SSSR count). The molecule has 0 spiro atoms. The Morgan fingerprint density at radius 3 is 1.87 bits per heavy atom. The first-order valence-corrected chi connectivity index (χ1v) is 16.9. The molecular formula is C41H48N2O4. The number of hydrogen-bond acceptors (Lipinski definition) is 6. The molecule has 0 aromatic heterocycles. The fourth-order valence-electron chi connectivity index (χ4n) is 5.36. The third-order valence-electron chi connectivity index (χ3n) is 8.09. The molecule has 0 saturated carbocycles. The largest absolute Gasteiger partial charge is 0.494 e. The Kier molecular flexibility index (Phi) is 14.1. The summed E-state index contributed by atoms with van der Waals surface area (Å²) in [6.45, 7) is 3.27. The first-order valence-electron chi connectivity index (χ1n) is 16.9. The van der Waals surface area contributed by atoms with Crippen LogP contribution in [0.4, 0.5) is 11.4 Å². The Balaban J connectivity index is 1.08. The van der Waals surface area contributed by atoms with Gasteiger partial charge < -0.3 is 20.9 Å². The van der Waals surface area contributed by atoms with Crippen molar-refractivity contribution in [3.8, 4) is 16.9 Å². The van der Waals surface area contributed by atoms with E-state index in [1.54, 1.807) is 24.3 Å². The zero-order valence-electron chi connectivity index (χ0n) is 27.6. The summed E-state index contributed by atoms with van der Waals surface area (Å²) in [6, 6.07) is 29.1. The lowest BCUT2D eigenvalue weighted by atomic mass is 9.99. The molecule has 0 bridgehead atoms. The van der Waals surface area contributed by atoms with Gasteiger partial charge in [0.1, 0.15) is 5.75 Å². The Morgan fingerprint density at radius 1 is 0.638 bits per heavy atom. The maximum atomic E-state index is 12.8. The van der Waals surface area contributed by atoms with E-state index in [4.69, 9.17) is 20.9 Å². The van der Waals surface area contributed by atoms with Gasteiger partial charge in [0.25, 0.3) is 0 Å². The summed E-state index contributed by atoms with van der Waals surface area (Å²) in [5.74, 6) is 0.407. The minimum absolute atomic E-state index is 0.0208. The molecule has 4 aromatic carbocycles. The van der Waals surface area contributed by atoms with Crippen molar-refractivity contribution in [3.63, 3.8) is 0 Å². The molecule has 0 unspecified atom stereocenters. The summed E-state index contributed by atoms with van der Waals surface area (Å²) in [5.41, 5.74) is 18.0. The first kappa shape index (κ1) is 35.0. The monoisotopic (exact) mass is 632 g/mol. The van der Waals surface area contributed by atoms with Crippen LogP contribution in [0, 0.1) is 0 Å². The van der Waals surface area contributed by atoms with Gasteiger partial charge in [0.05, 0.1) is 18.8 Å². The van der Waals surface area contributed by atoms with Gasteiger partial charge in [-0.25, -0.2) is 4.79 Å². The van der Waals surface area contributed by atoms with E-state index in [1.165, 1.54) is 24.8 Å². The van der Waals surface area contributed by atoms with E-state index >= 15 is 0 Å². The molecule has 0 atom stereocenters. The standard InChI is InChI=1S/C41H48N2O4/c1-2-3-8-11-31-12-17-33(18-13-31)34-19-21-35(22-20-34)40(44)25-16-32-14-23-39(24-15-32)46-26-9-6-4-5-7-10-27-47-41(45)36-28-37(42)30-38(43)29-36/h12-25,28-30H,2-11,26-27,42-43H2,1H3/b25-16+. The number of carbonyl (C=O) groups excluding carboxylic acids is 2. The van der Waals surface area contributed by atoms with Crippen molar-refractivity contribution in [2.45, 2.75) is 71.1 Å². The molecular weight excluding hydrogens is 584 g/mol. The molecule has 6 heteroatoms. The van der Waals surface area contributed by atoms with E-state index in [1.807, 2.05) is 54.6 Å². The van der Waals surface area contributed by atoms with E-state index in [-0.39, 0.29) is 5.78 Å². The summed E-state index contributed by atoms with van der Waals surface area (Å²) in [5, 5.41) is 0. The average Bonchev–Trinajstić information content (AvgIpc) is 3.08. The molecule has 246 valence electrons. The molecule has 0 aliphatic carbocycles. The lowest BCUT2D eigenvalue weighted by Crippen LogP contribution is -2.07. The number of nitrogens with two attached hydrogens (primary N) is 2. The van der Waals surface area contributed by atoms with E-state index < -0.39 is 5.97 Å². The number of esters is 1. The van der Waals surface area contributed by atoms with Crippen molar-refractivity contribution < 1.29 is 19.1 Å². The maximum Gasteiger partial charge on any atom is 0.338 e. The molecule has 0 amide bonds. The predicted molar refractivity (Wildman–Crippen MR) is 194 cm³/mol. The van der Waals surface area contributed by atoms with Gasteiger partial charge in [-0.2, -0.15) is 0 Å². The maximum absolute atomic E-state index is 12.8. The van der Waals surface area contributed by atoms with Crippen LogP contribution in [-0.4, -0.2) is 25.0 Å². The fourth-order valence-corrected chi connectivity index (χ4v) is 5.36. The number of allylic oxidation sites excluding steroid dienone is 1. The van der Waals surface area contributed by atoms with Gasteiger partial charge >= 0.3 is 5.97 Å². The molecule has 0 aliphatic rings. The number of unbranched alkanes of at least 4 members (excludes halogenated alkanes) is 7. The van der Waals surface area contributed by atoms with Crippen LogP contribution in [0.15, 0.2) is 97.1 Å². The molecule has 4 aromatic rings. The third kappa shape index (κ3) is 12.1. The van der Waals surface area contributed by atoms with Gasteiger partial charge in [0.2, 0.25) is 0 Å². The summed E-state index contributed by atoms with van der Waals surface area (Å²) >= 11 is 0. The Hall–Kier alpha value is -4.84. The second-order valence-electron chi connectivity index (χ2n) is 12.0. The second kappa shape index (κ2) is 19.0. The minimum Gasteiger partial charge on any atom is -0.494 e. The van der Waals surface area contributed by atoms with Crippen LogP contribution in [0.2, 0.25) is 0 Å². The van der Waals surface area contributed by atoms with E-state index in [2.05, 4.69) is 31.2 Å². The van der Waals surface area contributed by atoms with Crippen LogP contribution in [0.5, 0.6) is 5.75 Å². The highest BCUT2D eigenvalue weighted by molar-refractivity contribution is 6.07. The smallest absolute Gasteiger partial charge is 0.338 e. The van der Waals surface area contributed by atoms with Crippen molar-refractivity contribution in [1.82, 2.24) is 0 Å². The summed E-state index contributed by atoms with van der Waals surface area (Å²) in [4.78, 5) is 24.9. The van der Waals surface area contributed by atoms with Gasteiger partial charge in [-0.1, -0.05) is 112 Å². The number of aryl methyl sites for hydroxylation is 1. The first-order chi connectivity index (χ1) is 22.9. The van der Waals surface area contributed by atoms with E-state index in [0.29, 0.717) is 35.7 Å². The zero-order valence-corrected chi connectivity index (χ0v) is 27.6. The Morgan fingerprint density at radius 2 is 1.23 bits per heavy atom. The molecule has 0 fully saturated rings. The zero-order chi connectivity index (χ0) is 33.3. The van der Waals surface area contributed by atoms with Gasteiger partial charge in [-0.05, 0) is 84.3 Å². The number of rotatable bonds is 19. The van der Waals surface area contributed by atoms with Crippen LogP contribution in [0.1, 0.15) is 96.6 Å². The van der Waals surface area contributed by atoms with Crippen molar-refractivity contribution >= 4 is 29.2 Å². The summed E-state index contributed by atoms with van der Waals surface area (Å²) in [7, 11) is 0. The normalized spacial score (nSPS) is 11.1. The van der Waals surface area contributed by atoms with Crippen LogP contribution < -0.4 is 16.2 Å². The molecule has 0 radical (unpaired) electrons. The Labute approximate surface area is 279 Å². The highest BCUT2D eigenvalue weighted by Crippen LogP contribution is 2.22. The van der Waals surface area contributed by atoms with Gasteiger partial charge in [-0.3, -0.25) is 4.79 Å². The van der Waals surface area contributed by atoms with E-state index in [9.17, 15) is 9.59 Å². The minimum atomic E-state index is -0.394. The highest BCUT2D eigenvalue weighted by atomic mass is 16.5. The molecule has 0 saturated heterocycles. The lowest BCUT2D eigenvalue weighted by Gasteiger charge is -2.07. The molecule has 6 nitrogen and oxygen atoms in total. The molecule has 47 heavy (non-hydrogen) atoms. The second-order valence-corrected chi connectivity index (χ2v) is 12.0. The fraction of sp³-hybridized carbons (Fsp3) is 0.317. The third-order valence-corrected chi connectivity index (χ3v) is 8.09. The average molecular weight is 633 g/mol. The summed E-state index contributed by atoms with van der Waals surface area (Å²) in [6.07, 6.45) is 14.4. The van der Waals surface area contributed by atoms with Gasteiger partial charge in [-0.15, -0.1) is 0 Å². The molecule has 0 aliphatic heterocycles. The van der Waals surface area contributed by atoms with Crippen molar-refractivity contribution in [2.24, 2.45) is 0 Å². The quantitative estimate of drug-likeness (QED) is 0.0351. The van der Waals surface area contributed by atoms with Crippen molar-refractivity contribution in [1.29, 1.82) is 0 Å². The van der Waals surface area contributed by atoms with E-state index in [0.717, 1.165) is 67.4 Å². The lowest BCUT2D eigenvalue weighted by molar-refractivity contribution is 0.0497. The van der Waals surface area contributed by atoms with Crippen LogP contribution >= 0.6 is 0 Å². The van der Waals surface area contributed by atoms with Crippen LogP contribution in [0.3, 0.4) is 0 Å². The van der Waals surface area contributed by atoms with Gasteiger partial charge in [0, 0.05) is 16.9 Å². The number of hydrogen-bond donors (Lipinski definition) is 2. The number of carbonyl (C=O) groups is 2. The van der Waals surface area contributed by atoms with Crippen LogP contribution in [0.25, 0.3) is 17.2 Å². The van der Waals surface area contributed by atoms with Crippen LogP contribution in [-0.2, 0) is 11.2 Å². The molecule has 0 heterocycles. The number of ketones is 1. The number of ether oxygens (including phenoxy) is 2.